The highest BCUT2D eigenvalue weighted by Crippen LogP contribution is 2.12. The molecule has 1 unspecified atom stereocenters. The van der Waals surface area contributed by atoms with Crippen molar-refractivity contribution in [2.45, 2.75) is 25.3 Å². The van der Waals surface area contributed by atoms with Crippen molar-refractivity contribution >= 4 is 35.1 Å². The largest absolute Gasteiger partial charge is 0.466 e. The van der Waals surface area contributed by atoms with E-state index in [-0.39, 0.29) is 29.6 Å². The van der Waals surface area contributed by atoms with Gasteiger partial charge in [-0.05, 0) is 54.9 Å². The highest BCUT2D eigenvalue weighted by atomic mass is 32.1. The Bertz CT molecular complexity index is 969. The Hall–Kier alpha value is -3.33. The number of hydrogen-bond acceptors (Lipinski definition) is 5. The number of hydrogen-bond donors (Lipinski definition) is 2. The summed E-state index contributed by atoms with van der Waals surface area (Å²) in [6.45, 7) is 0.905. The molecule has 0 aliphatic carbocycles. The molecule has 1 heterocycles. The van der Waals surface area contributed by atoms with Crippen LogP contribution >= 0.6 is 12.2 Å². The number of esters is 1. The Kier molecular flexibility index (Phi) is 8.27. The molecule has 1 aliphatic rings. The normalized spacial score (nSPS) is 15.6. The Balaban J connectivity index is 1.51. The van der Waals surface area contributed by atoms with Gasteiger partial charge in [-0.25, -0.2) is 4.39 Å². The van der Waals surface area contributed by atoms with Gasteiger partial charge in [0.15, 0.2) is 5.11 Å². The number of nitrogens with one attached hydrogen (secondary N) is 2. The fourth-order valence-corrected chi connectivity index (χ4v) is 3.64. The molecule has 2 aromatic carbocycles. The van der Waals surface area contributed by atoms with Crippen molar-refractivity contribution in [1.29, 1.82) is 0 Å². The van der Waals surface area contributed by atoms with Crippen LogP contribution in [0.2, 0.25) is 0 Å². The van der Waals surface area contributed by atoms with Crippen LogP contribution < -0.4 is 10.6 Å². The Morgan fingerprint density at radius 1 is 1.16 bits per heavy atom. The first-order chi connectivity index (χ1) is 15.4. The minimum atomic E-state index is -0.883. The van der Waals surface area contributed by atoms with Crippen LogP contribution in [0.25, 0.3) is 0 Å². The molecule has 0 bridgehead atoms. The molecule has 1 aliphatic heterocycles. The average Bonchev–Trinajstić information content (AvgIpc) is 2.79. The van der Waals surface area contributed by atoms with Crippen LogP contribution in [0.3, 0.4) is 0 Å². The molecular formula is C23H24FN3O4S. The van der Waals surface area contributed by atoms with Crippen LogP contribution in [0.15, 0.2) is 54.6 Å². The molecule has 32 heavy (non-hydrogen) atoms. The van der Waals surface area contributed by atoms with Gasteiger partial charge in [0.2, 0.25) is 5.91 Å². The third-order valence-electron chi connectivity index (χ3n) is 4.99. The number of carbonyl (C=O) groups excluding carboxylic acids is 3. The van der Waals surface area contributed by atoms with Crippen LogP contribution in [0, 0.1) is 5.82 Å². The maximum Gasteiger partial charge on any atom is 0.308 e. The van der Waals surface area contributed by atoms with Gasteiger partial charge in [0, 0.05) is 18.7 Å². The van der Waals surface area contributed by atoms with Crippen LogP contribution in [-0.4, -0.2) is 53.5 Å². The maximum atomic E-state index is 13.1. The quantitative estimate of drug-likeness (QED) is 0.377. The summed E-state index contributed by atoms with van der Waals surface area (Å²) in [5.74, 6) is -1.86. The number of nitrogens with zero attached hydrogens (tertiary/aromatic N) is 1. The Morgan fingerprint density at radius 3 is 2.59 bits per heavy atom. The summed E-state index contributed by atoms with van der Waals surface area (Å²) in [6, 6.07) is 14.0. The first-order valence-corrected chi connectivity index (χ1v) is 10.7. The molecule has 168 valence electrons. The van der Waals surface area contributed by atoms with Crippen molar-refractivity contribution in [2.75, 3.05) is 19.7 Å². The zero-order valence-electron chi connectivity index (χ0n) is 17.4. The van der Waals surface area contributed by atoms with Crippen LogP contribution in [0.5, 0.6) is 0 Å². The van der Waals surface area contributed by atoms with Crippen LogP contribution in [0.1, 0.15) is 28.8 Å². The summed E-state index contributed by atoms with van der Waals surface area (Å²) >= 11 is 5.31. The topological polar surface area (TPSA) is 87.7 Å². The highest BCUT2D eigenvalue weighted by Gasteiger charge is 2.34. The van der Waals surface area contributed by atoms with Crippen molar-refractivity contribution in [1.82, 2.24) is 15.5 Å². The van der Waals surface area contributed by atoms with Gasteiger partial charge in [0.05, 0.1) is 13.0 Å². The minimum absolute atomic E-state index is 0.0241. The lowest BCUT2D eigenvalue weighted by Gasteiger charge is -2.36. The number of benzene rings is 2. The molecule has 1 saturated heterocycles. The first-order valence-electron chi connectivity index (χ1n) is 10.3. The zero-order chi connectivity index (χ0) is 22.9. The van der Waals surface area contributed by atoms with E-state index in [1.807, 2.05) is 30.3 Å². The SMILES string of the molecule is O=C(CC1C(=O)NCCN1C(=S)NC(=O)c1ccc(F)cc1)OCCCc1ccccc1. The van der Waals surface area contributed by atoms with Gasteiger partial charge in [-0.1, -0.05) is 30.3 Å². The molecule has 0 aromatic heterocycles. The fraction of sp³-hybridized carbons (Fsp3) is 0.304. The predicted octanol–water partition coefficient (Wildman–Crippen LogP) is 2.21. The fourth-order valence-electron chi connectivity index (χ4n) is 3.33. The monoisotopic (exact) mass is 457 g/mol. The molecule has 0 saturated carbocycles. The van der Waals surface area contributed by atoms with Gasteiger partial charge in [-0.15, -0.1) is 0 Å². The van der Waals surface area contributed by atoms with Crippen molar-refractivity contribution in [3.8, 4) is 0 Å². The van der Waals surface area contributed by atoms with Gasteiger partial charge in [-0.3, -0.25) is 19.7 Å². The summed E-state index contributed by atoms with van der Waals surface area (Å²) in [5.41, 5.74) is 1.38. The molecule has 0 spiro atoms. The third-order valence-corrected chi connectivity index (χ3v) is 5.33. The molecule has 1 fully saturated rings. The molecule has 2 amide bonds. The van der Waals surface area contributed by atoms with Crippen molar-refractivity contribution in [3.63, 3.8) is 0 Å². The van der Waals surface area contributed by atoms with E-state index in [4.69, 9.17) is 17.0 Å². The lowest BCUT2D eigenvalue weighted by Crippen LogP contribution is -2.60. The zero-order valence-corrected chi connectivity index (χ0v) is 18.2. The number of piperazine rings is 1. The number of ether oxygens (including phenoxy) is 1. The van der Waals surface area contributed by atoms with E-state index < -0.39 is 23.7 Å². The highest BCUT2D eigenvalue weighted by molar-refractivity contribution is 7.80. The number of amides is 2. The van der Waals surface area contributed by atoms with Gasteiger partial charge in [-0.2, -0.15) is 0 Å². The van der Waals surface area contributed by atoms with Gasteiger partial charge >= 0.3 is 5.97 Å². The molecular weight excluding hydrogens is 433 g/mol. The molecule has 3 rings (SSSR count). The summed E-state index contributed by atoms with van der Waals surface area (Å²) in [7, 11) is 0. The molecule has 2 aromatic rings. The molecule has 2 N–H and O–H groups in total. The predicted molar refractivity (Wildman–Crippen MR) is 120 cm³/mol. The molecule has 7 nitrogen and oxygen atoms in total. The maximum absolute atomic E-state index is 13.1. The van der Waals surface area contributed by atoms with Crippen molar-refractivity contribution in [2.24, 2.45) is 0 Å². The van der Waals surface area contributed by atoms with Crippen LogP contribution in [0.4, 0.5) is 4.39 Å². The van der Waals surface area contributed by atoms with Crippen molar-refractivity contribution in [3.05, 3.63) is 71.5 Å². The van der Waals surface area contributed by atoms with E-state index in [1.54, 1.807) is 0 Å². The smallest absolute Gasteiger partial charge is 0.308 e. The minimum Gasteiger partial charge on any atom is -0.466 e. The summed E-state index contributed by atoms with van der Waals surface area (Å²) in [4.78, 5) is 38.6. The molecule has 0 radical (unpaired) electrons. The number of aryl methyl sites for hydroxylation is 1. The number of carbonyl (C=O) groups is 3. The van der Waals surface area contributed by atoms with E-state index in [2.05, 4.69) is 10.6 Å². The summed E-state index contributed by atoms with van der Waals surface area (Å²) in [6.07, 6.45) is 1.26. The second-order valence-electron chi connectivity index (χ2n) is 7.28. The number of halogens is 1. The lowest BCUT2D eigenvalue weighted by molar-refractivity contribution is -0.147. The van der Waals surface area contributed by atoms with Gasteiger partial charge in [0.1, 0.15) is 11.9 Å². The van der Waals surface area contributed by atoms with Gasteiger partial charge in [0.25, 0.3) is 5.91 Å². The van der Waals surface area contributed by atoms with E-state index in [9.17, 15) is 18.8 Å². The molecule has 9 heteroatoms. The second-order valence-corrected chi connectivity index (χ2v) is 7.67. The van der Waals surface area contributed by atoms with Crippen molar-refractivity contribution < 1.29 is 23.5 Å². The van der Waals surface area contributed by atoms with E-state index in [1.165, 1.54) is 29.2 Å². The summed E-state index contributed by atoms with van der Waals surface area (Å²) < 4.78 is 18.4. The first kappa shape index (κ1) is 23.3. The Morgan fingerprint density at radius 2 is 1.88 bits per heavy atom. The van der Waals surface area contributed by atoms with Crippen LogP contribution in [-0.2, 0) is 20.7 Å². The standard InChI is InChI=1S/C23H24FN3O4S/c24-18-10-8-17(9-11-18)21(29)26-23(32)27-13-12-25-22(30)19(27)15-20(28)31-14-4-7-16-5-2-1-3-6-16/h1-3,5-6,8-11,19H,4,7,12-15H2,(H,25,30)(H,26,29,32). The second kappa shape index (κ2) is 11.3. The third kappa shape index (κ3) is 6.58. The molecule has 1 atom stereocenters. The summed E-state index contributed by atoms with van der Waals surface area (Å²) in [5, 5.41) is 5.27. The number of thiocarbonyl (C=S) groups is 1. The Labute approximate surface area is 190 Å². The van der Waals surface area contributed by atoms with E-state index in [0.717, 1.165) is 12.0 Å². The van der Waals surface area contributed by atoms with E-state index >= 15 is 0 Å². The van der Waals surface area contributed by atoms with Gasteiger partial charge < -0.3 is 15.0 Å². The van der Waals surface area contributed by atoms with E-state index in [0.29, 0.717) is 19.5 Å². The lowest BCUT2D eigenvalue weighted by atomic mass is 10.1. The average molecular weight is 458 g/mol. The number of rotatable bonds is 7.